The molecular weight excluding hydrogens is 356 g/mol. The maximum atomic E-state index is 13.2. The molecule has 1 aliphatic carbocycles. The Balaban J connectivity index is 1.57. The fourth-order valence-corrected chi connectivity index (χ4v) is 3.76. The van der Waals surface area contributed by atoms with Crippen LogP contribution in [-0.4, -0.2) is 45.6 Å². The molecule has 2 aromatic rings. The van der Waals surface area contributed by atoms with Gasteiger partial charge < -0.3 is 10.2 Å². The average Bonchev–Trinajstić information content (AvgIpc) is 3.52. The number of rotatable bonds is 4. The van der Waals surface area contributed by atoms with Crippen molar-refractivity contribution >= 4 is 22.6 Å². The van der Waals surface area contributed by atoms with Gasteiger partial charge in [0.15, 0.2) is 5.69 Å². The normalized spacial score (nSPS) is 17.9. The largest absolute Gasteiger partial charge is 0.353 e. The minimum absolute atomic E-state index is 0.0287. The van der Waals surface area contributed by atoms with E-state index in [0.717, 1.165) is 12.8 Å². The van der Waals surface area contributed by atoms with Crippen molar-refractivity contribution in [1.82, 2.24) is 20.0 Å². The summed E-state index contributed by atoms with van der Waals surface area (Å²) in [4.78, 5) is 39.9. The Labute approximate surface area is 163 Å². The Morgan fingerprint density at radius 3 is 2.32 bits per heavy atom. The van der Waals surface area contributed by atoms with Crippen molar-refractivity contribution in [3.05, 3.63) is 40.3 Å². The third-order valence-electron chi connectivity index (χ3n) is 5.60. The van der Waals surface area contributed by atoms with Crippen molar-refractivity contribution in [3.8, 4) is 0 Å². The van der Waals surface area contributed by atoms with Crippen LogP contribution in [0, 0.1) is 5.92 Å². The lowest BCUT2D eigenvalue weighted by atomic mass is 9.95. The molecule has 1 aromatic carbocycles. The van der Waals surface area contributed by atoms with E-state index in [1.165, 1.54) is 4.68 Å². The van der Waals surface area contributed by atoms with Gasteiger partial charge in [-0.25, -0.2) is 4.68 Å². The lowest BCUT2D eigenvalue weighted by Crippen LogP contribution is -2.44. The molecule has 2 aliphatic rings. The molecule has 28 heavy (non-hydrogen) atoms. The van der Waals surface area contributed by atoms with Crippen molar-refractivity contribution in [2.75, 3.05) is 13.1 Å². The van der Waals surface area contributed by atoms with E-state index in [0.29, 0.717) is 48.4 Å². The van der Waals surface area contributed by atoms with Crippen LogP contribution in [0.25, 0.3) is 10.8 Å². The van der Waals surface area contributed by atoms with Gasteiger partial charge in [-0.3, -0.25) is 14.4 Å². The van der Waals surface area contributed by atoms with Gasteiger partial charge in [0, 0.05) is 30.4 Å². The van der Waals surface area contributed by atoms with E-state index in [1.54, 1.807) is 23.1 Å². The molecule has 1 saturated heterocycles. The Morgan fingerprint density at radius 2 is 1.71 bits per heavy atom. The van der Waals surface area contributed by atoms with Crippen LogP contribution in [0.4, 0.5) is 0 Å². The minimum Gasteiger partial charge on any atom is -0.353 e. The Bertz CT molecular complexity index is 969. The van der Waals surface area contributed by atoms with E-state index in [4.69, 9.17) is 0 Å². The number of hydrogen-bond donors (Lipinski definition) is 1. The molecule has 1 aromatic heterocycles. The predicted molar refractivity (Wildman–Crippen MR) is 106 cm³/mol. The number of hydrogen-bond acceptors (Lipinski definition) is 4. The molecule has 0 atom stereocenters. The highest BCUT2D eigenvalue weighted by Gasteiger charge is 2.32. The molecule has 2 heterocycles. The lowest BCUT2D eigenvalue weighted by Gasteiger charge is -2.31. The fraction of sp³-hybridized carbons (Fsp3) is 0.524. The van der Waals surface area contributed by atoms with Gasteiger partial charge in [-0.05, 0) is 45.6 Å². The second-order valence-electron chi connectivity index (χ2n) is 8.09. The molecular formula is C21H26N4O3. The van der Waals surface area contributed by atoms with Crippen LogP contribution in [-0.2, 0) is 4.79 Å². The molecule has 2 amide bonds. The molecule has 0 unspecified atom stereocenters. The van der Waals surface area contributed by atoms with Gasteiger partial charge >= 0.3 is 0 Å². The van der Waals surface area contributed by atoms with Crippen molar-refractivity contribution in [2.45, 2.75) is 51.6 Å². The molecule has 0 radical (unpaired) electrons. The standard InChI is InChI=1S/C21H26N4O3/c1-13(2)25-20(27)17-6-4-3-5-16(17)18(23-25)21(28)24-11-9-14(10-12-24)19(26)22-15-7-8-15/h3-6,13-15H,7-12H2,1-2H3,(H,22,26). The first-order valence-electron chi connectivity index (χ1n) is 10.1. The SMILES string of the molecule is CC(C)n1nc(C(=O)N2CCC(C(=O)NC3CC3)CC2)c2ccccc2c1=O. The number of nitrogens with zero attached hydrogens (tertiary/aromatic N) is 3. The Hall–Kier alpha value is -2.70. The first kappa shape index (κ1) is 18.7. The van der Waals surface area contributed by atoms with E-state index < -0.39 is 0 Å². The summed E-state index contributed by atoms with van der Waals surface area (Å²) in [6, 6.07) is 7.35. The van der Waals surface area contributed by atoms with E-state index in [9.17, 15) is 14.4 Å². The molecule has 7 nitrogen and oxygen atoms in total. The van der Waals surface area contributed by atoms with Crippen molar-refractivity contribution in [2.24, 2.45) is 5.92 Å². The fourth-order valence-electron chi connectivity index (χ4n) is 3.76. The van der Waals surface area contributed by atoms with Crippen LogP contribution in [0.3, 0.4) is 0 Å². The topological polar surface area (TPSA) is 84.3 Å². The van der Waals surface area contributed by atoms with Crippen molar-refractivity contribution < 1.29 is 9.59 Å². The predicted octanol–water partition coefficient (Wildman–Crippen LogP) is 2.11. The zero-order chi connectivity index (χ0) is 19.8. The van der Waals surface area contributed by atoms with Gasteiger partial charge in [0.2, 0.25) is 5.91 Å². The highest BCUT2D eigenvalue weighted by atomic mass is 16.2. The van der Waals surface area contributed by atoms with Gasteiger partial charge in [-0.1, -0.05) is 18.2 Å². The molecule has 148 valence electrons. The van der Waals surface area contributed by atoms with Crippen LogP contribution >= 0.6 is 0 Å². The van der Waals surface area contributed by atoms with Gasteiger partial charge in [-0.15, -0.1) is 0 Å². The Morgan fingerprint density at radius 1 is 1.07 bits per heavy atom. The quantitative estimate of drug-likeness (QED) is 0.878. The van der Waals surface area contributed by atoms with Gasteiger partial charge in [-0.2, -0.15) is 5.10 Å². The summed E-state index contributed by atoms with van der Waals surface area (Å²) < 4.78 is 1.38. The second-order valence-corrected chi connectivity index (χ2v) is 8.09. The number of carbonyl (C=O) groups excluding carboxylic acids is 2. The summed E-state index contributed by atoms with van der Waals surface area (Å²) in [7, 11) is 0. The molecule has 7 heteroatoms. The van der Waals surface area contributed by atoms with Gasteiger partial charge in [0.1, 0.15) is 0 Å². The van der Waals surface area contributed by atoms with Crippen LogP contribution < -0.4 is 10.9 Å². The number of likely N-dealkylation sites (tertiary alicyclic amines) is 1. The number of fused-ring (bicyclic) bond motifs is 1. The summed E-state index contributed by atoms with van der Waals surface area (Å²) in [5, 5.41) is 8.56. The minimum atomic E-state index is -0.183. The van der Waals surface area contributed by atoms with E-state index in [-0.39, 0.29) is 29.3 Å². The summed E-state index contributed by atoms with van der Waals surface area (Å²) in [5.74, 6) is -0.0860. The number of aromatic nitrogens is 2. The first-order chi connectivity index (χ1) is 13.5. The second kappa shape index (κ2) is 7.37. The molecule has 1 saturated carbocycles. The molecule has 0 spiro atoms. The first-order valence-corrected chi connectivity index (χ1v) is 10.1. The number of nitrogens with one attached hydrogen (secondary N) is 1. The highest BCUT2D eigenvalue weighted by molar-refractivity contribution is 6.04. The number of benzene rings is 1. The summed E-state index contributed by atoms with van der Waals surface area (Å²) in [6.45, 7) is 4.81. The van der Waals surface area contributed by atoms with Crippen molar-refractivity contribution in [3.63, 3.8) is 0 Å². The number of amides is 2. The Kier molecular flexibility index (Phi) is 4.91. The molecule has 2 fully saturated rings. The molecule has 1 aliphatic heterocycles. The van der Waals surface area contributed by atoms with E-state index in [1.807, 2.05) is 19.9 Å². The molecule has 4 rings (SSSR count). The zero-order valence-corrected chi connectivity index (χ0v) is 16.4. The van der Waals surface area contributed by atoms with Crippen LogP contribution in [0.1, 0.15) is 56.1 Å². The number of carbonyl (C=O) groups is 2. The van der Waals surface area contributed by atoms with E-state index in [2.05, 4.69) is 10.4 Å². The third kappa shape index (κ3) is 3.53. The van der Waals surface area contributed by atoms with Crippen molar-refractivity contribution in [1.29, 1.82) is 0 Å². The zero-order valence-electron chi connectivity index (χ0n) is 16.4. The summed E-state index contributed by atoms with van der Waals surface area (Å²) in [5.41, 5.74) is 0.127. The van der Waals surface area contributed by atoms with Crippen LogP contribution in [0.15, 0.2) is 29.1 Å². The molecule has 1 N–H and O–H groups in total. The summed E-state index contributed by atoms with van der Waals surface area (Å²) in [6.07, 6.45) is 3.47. The van der Waals surface area contributed by atoms with Gasteiger partial charge in [0.25, 0.3) is 11.5 Å². The van der Waals surface area contributed by atoms with Crippen LogP contribution in [0.2, 0.25) is 0 Å². The summed E-state index contributed by atoms with van der Waals surface area (Å²) >= 11 is 0. The maximum absolute atomic E-state index is 13.2. The number of piperidine rings is 1. The highest BCUT2D eigenvalue weighted by Crippen LogP contribution is 2.24. The molecule has 0 bridgehead atoms. The monoisotopic (exact) mass is 382 g/mol. The van der Waals surface area contributed by atoms with Crippen LogP contribution in [0.5, 0.6) is 0 Å². The van der Waals surface area contributed by atoms with E-state index >= 15 is 0 Å². The third-order valence-corrected chi connectivity index (χ3v) is 5.60. The van der Waals surface area contributed by atoms with Gasteiger partial charge in [0.05, 0.1) is 11.4 Å². The average molecular weight is 382 g/mol. The smallest absolute Gasteiger partial charge is 0.274 e. The maximum Gasteiger partial charge on any atom is 0.274 e. The lowest BCUT2D eigenvalue weighted by molar-refractivity contribution is -0.126.